The van der Waals surface area contributed by atoms with Crippen LogP contribution in [0.5, 0.6) is 0 Å². The molecule has 7 nitrogen and oxygen atoms in total. The van der Waals surface area contributed by atoms with Gasteiger partial charge in [0.2, 0.25) is 5.76 Å². The molecule has 1 aromatic heterocycles. The lowest BCUT2D eigenvalue weighted by Crippen LogP contribution is -2.51. The Hall–Kier alpha value is -2.85. The van der Waals surface area contributed by atoms with Gasteiger partial charge in [-0.05, 0) is 25.8 Å². The molecule has 29 heavy (non-hydrogen) atoms. The van der Waals surface area contributed by atoms with Crippen LogP contribution in [0.15, 0.2) is 28.7 Å². The van der Waals surface area contributed by atoms with Crippen LogP contribution in [0.1, 0.15) is 55.1 Å². The largest absolute Gasteiger partial charge is 0.450 e. The zero-order valence-electron chi connectivity index (χ0n) is 16.9. The van der Waals surface area contributed by atoms with Crippen molar-refractivity contribution in [3.63, 3.8) is 0 Å². The van der Waals surface area contributed by atoms with Gasteiger partial charge in [-0.1, -0.05) is 37.5 Å². The summed E-state index contributed by atoms with van der Waals surface area (Å²) >= 11 is 0. The normalized spacial score (nSPS) is 15.6. The molecule has 1 heterocycles. The number of para-hydroxylation sites is 1. The lowest BCUT2D eigenvalue weighted by atomic mass is 9.81. The molecule has 0 unspecified atom stereocenters. The number of carbonyl (C=O) groups excluding carboxylic acids is 2. The first kappa shape index (κ1) is 20.9. The molecule has 1 aliphatic carbocycles. The minimum absolute atomic E-state index is 0.0442. The Morgan fingerprint density at radius 2 is 1.97 bits per heavy atom. The van der Waals surface area contributed by atoms with Gasteiger partial charge in [-0.2, -0.15) is 5.26 Å². The van der Waals surface area contributed by atoms with Crippen molar-refractivity contribution in [2.75, 3.05) is 20.3 Å². The minimum atomic E-state index is -0.818. The monoisotopic (exact) mass is 398 g/mol. The van der Waals surface area contributed by atoms with Crippen LogP contribution in [0.2, 0.25) is 0 Å². The van der Waals surface area contributed by atoms with E-state index in [0.29, 0.717) is 30.6 Å². The molecule has 0 spiro atoms. The molecule has 1 fully saturated rings. The molecule has 1 amide bonds. The number of esters is 1. The van der Waals surface area contributed by atoms with Gasteiger partial charge >= 0.3 is 5.97 Å². The molecular formula is C22H26N2O5. The highest BCUT2D eigenvalue weighted by atomic mass is 16.5. The summed E-state index contributed by atoms with van der Waals surface area (Å²) in [6, 6.07) is 9.58. The predicted molar refractivity (Wildman–Crippen MR) is 106 cm³/mol. The standard InChI is InChI=1S/C22H26N2O5/c1-3-27-13-17-16-9-5-6-10-18(16)29-20(17)21(26)28-14-19(25)24(2)22(15-23)11-7-4-8-12-22/h5-6,9-10H,3-4,7-8,11-14H2,1-2H3. The number of rotatable bonds is 7. The van der Waals surface area contributed by atoms with Crippen molar-refractivity contribution in [3.05, 3.63) is 35.6 Å². The molecule has 1 aliphatic rings. The van der Waals surface area contributed by atoms with Crippen LogP contribution >= 0.6 is 0 Å². The van der Waals surface area contributed by atoms with Crippen LogP contribution in [-0.4, -0.2) is 42.6 Å². The highest BCUT2D eigenvalue weighted by molar-refractivity contribution is 5.96. The van der Waals surface area contributed by atoms with Gasteiger partial charge in [-0.3, -0.25) is 4.79 Å². The van der Waals surface area contributed by atoms with E-state index in [-0.39, 0.29) is 12.4 Å². The third kappa shape index (κ3) is 4.28. The summed E-state index contributed by atoms with van der Waals surface area (Å²) in [5.74, 6) is -1.07. The highest BCUT2D eigenvalue weighted by Gasteiger charge is 2.39. The summed E-state index contributed by atoms with van der Waals surface area (Å²) in [7, 11) is 1.60. The summed E-state index contributed by atoms with van der Waals surface area (Å²) in [5.41, 5.74) is 0.346. The molecule has 2 aromatic rings. The Kier molecular flexibility index (Phi) is 6.55. The second kappa shape index (κ2) is 9.10. The molecule has 0 saturated heterocycles. The maximum absolute atomic E-state index is 12.6. The summed E-state index contributed by atoms with van der Waals surface area (Å²) in [4.78, 5) is 26.7. The molecule has 1 aromatic carbocycles. The third-order valence-corrected chi connectivity index (χ3v) is 5.57. The number of likely N-dealkylation sites (N-methyl/N-ethyl adjacent to an activating group) is 1. The van der Waals surface area contributed by atoms with Crippen LogP contribution in [0.4, 0.5) is 0 Å². The smallest absolute Gasteiger partial charge is 0.375 e. The second-order valence-corrected chi connectivity index (χ2v) is 7.28. The van der Waals surface area contributed by atoms with Crippen LogP contribution < -0.4 is 0 Å². The Morgan fingerprint density at radius 1 is 1.24 bits per heavy atom. The molecule has 1 saturated carbocycles. The van der Waals surface area contributed by atoms with Crippen molar-refractivity contribution in [1.29, 1.82) is 5.26 Å². The SMILES string of the molecule is CCOCc1c(C(=O)OCC(=O)N(C)C2(C#N)CCCCC2)oc2ccccc12. The number of hydrogen-bond acceptors (Lipinski definition) is 6. The third-order valence-electron chi connectivity index (χ3n) is 5.57. The van der Waals surface area contributed by atoms with E-state index < -0.39 is 24.0 Å². The van der Waals surface area contributed by atoms with Gasteiger partial charge in [-0.25, -0.2) is 4.79 Å². The molecule has 0 N–H and O–H groups in total. The molecule has 0 aliphatic heterocycles. The summed E-state index contributed by atoms with van der Waals surface area (Å²) in [5, 5.41) is 10.4. The van der Waals surface area contributed by atoms with Crippen LogP contribution in [0.25, 0.3) is 11.0 Å². The Morgan fingerprint density at radius 3 is 2.66 bits per heavy atom. The maximum atomic E-state index is 12.6. The van der Waals surface area contributed by atoms with E-state index in [1.165, 1.54) is 4.90 Å². The van der Waals surface area contributed by atoms with Gasteiger partial charge in [0.1, 0.15) is 11.1 Å². The fraction of sp³-hybridized carbons (Fsp3) is 0.500. The molecule has 0 atom stereocenters. The predicted octanol–water partition coefficient (Wildman–Crippen LogP) is 3.81. The van der Waals surface area contributed by atoms with E-state index in [0.717, 1.165) is 24.6 Å². The number of furan rings is 1. The van der Waals surface area contributed by atoms with Crippen molar-refractivity contribution in [2.24, 2.45) is 0 Å². The van der Waals surface area contributed by atoms with Crippen LogP contribution in [0, 0.1) is 11.3 Å². The fourth-order valence-corrected chi connectivity index (χ4v) is 3.80. The lowest BCUT2D eigenvalue weighted by Gasteiger charge is -2.38. The number of hydrogen-bond donors (Lipinski definition) is 0. The molecule has 7 heteroatoms. The van der Waals surface area contributed by atoms with E-state index >= 15 is 0 Å². The van der Waals surface area contributed by atoms with Gasteiger partial charge < -0.3 is 18.8 Å². The average Bonchev–Trinajstić information content (AvgIpc) is 3.14. The first-order chi connectivity index (χ1) is 14.0. The first-order valence-corrected chi connectivity index (χ1v) is 9.95. The minimum Gasteiger partial charge on any atom is -0.450 e. The number of nitriles is 1. The Balaban J connectivity index is 1.72. The summed E-state index contributed by atoms with van der Waals surface area (Å²) in [6.45, 7) is 2.13. The Bertz CT molecular complexity index is 921. The number of ether oxygens (including phenoxy) is 2. The number of carbonyl (C=O) groups is 2. The Labute approximate surface area is 170 Å². The van der Waals surface area contributed by atoms with E-state index in [9.17, 15) is 14.9 Å². The van der Waals surface area contributed by atoms with Crippen molar-refractivity contribution in [1.82, 2.24) is 4.90 Å². The molecule has 3 rings (SSSR count). The lowest BCUT2D eigenvalue weighted by molar-refractivity contribution is -0.138. The van der Waals surface area contributed by atoms with Gasteiger partial charge in [-0.15, -0.1) is 0 Å². The van der Waals surface area contributed by atoms with Gasteiger partial charge in [0.15, 0.2) is 6.61 Å². The zero-order chi connectivity index (χ0) is 20.9. The quantitative estimate of drug-likeness (QED) is 0.659. The topological polar surface area (TPSA) is 92.8 Å². The summed E-state index contributed by atoms with van der Waals surface area (Å²) in [6.07, 6.45) is 4.16. The van der Waals surface area contributed by atoms with Gasteiger partial charge in [0.25, 0.3) is 5.91 Å². The van der Waals surface area contributed by atoms with Crippen LogP contribution in [-0.2, 0) is 20.9 Å². The molecule has 154 valence electrons. The number of benzene rings is 1. The van der Waals surface area contributed by atoms with E-state index in [4.69, 9.17) is 13.9 Å². The van der Waals surface area contributed by atoms with Crippen LogP contribution in [0.3, 0.4) is 0 Å². The van der Waals surface area contributed by atoms with Crippen molar-refractivity contribution >= 4 is 22.8 Å². The first-order valence-electron chi connectivity index (χ1n) is 9.95. The number of fused-ring (bicyclic) bond motifs is 1. The van der Waals surface area contributed by atoms with E-state index in [1.807, 2.05) is 25.1 Å². The fourth-order valence-electron chi connectivity index (χ4n) is 3.80. The van der Waals surface area contributed by atoms with E-state index in [1.54, 1.807) is 13.1 Å². The van der Waals surface area contributed by atoms with Gasteiger partial charge in [0.05, 0.1) is 12.7 Å². The second-order valence-electron chi connectivity index (χ2n) is 7.28. The average molecular weight is 398 g/mol. The molecular weight excluding hydrogens is 372 g/mol. The summed E-state index contributed by atoms with van der Waals surface area (Å²) < 4.78 is 16.4. The maximum Gasteiger partial charge on any atom is 0.375 e. The highest BCUT2D eigenvalue weighted by Crippen LogP contribution is 2.32. The number of amides is 1. The van der Waals surface area contributed by atoms with Crippen molar-refractivity contribution in [2.45, 2.75) is 51.2 Å². The van der Waals surface area contributed by atoms with Gasteiger partial charge in [0, 0.05) is 24.6 Å². The molecule has 0 bridgehead atoms. The number of nitrogens with zero attached hydrogens (tertiary/aromatic N) is 2. The zero-order valence-corrected chi connectivity index (χ0v) is 16.9. The van der Waals surface area contributed by atoms with E-state index in [2.05, 4.69) is 6.07 Å². The van der Waals surface area contributed by atoms with Crippen molar-refractivity contribution in [3.8, 4) is 6.07 Å². The van der Waals surface area contributed by atoms with Crippen molar-refractivity contribution < 1.29 is 23.5 Å². The molecule has 0 radical (unpaired) electrons.